The maximum Gasteiger partial charge on any atom is 0.409 e. The van der Waals surface area contributed by atoms with Crippen LogP contribution in [0, 0.1) is 17.8 Å². The number of hydrogen-bond donors (Lipinski definition) is 4. The molecule has 3 rings (SSSR count). The number of alkyl halides is 1. The summed E-state index contributed by atoms with van der Waals surface area (Å²) in [5.41, 5.74) is -4.36. The average Bonchev–Trinajstić information content (AvgIpc) is 3.85. The molecule has 1 saturated heterocycles. The number of hydrogen-bond acceptors (Lipinski definition) is 9. The number of rotatable bonds is 16. The van der Waals surface area contributed by atoms with Crippen molar-refractivity contribution in [2.45, 2.75) is 113 Å². The zero-order valence-electron chi connectivity index (χ0n) is 26.9. The lowest BCUT2D eigenvalue weighted by Crippen LogP contribution is -2.69. The molecule has 3 amide bonds. The molecule has 4 N–H and O–H groups in total. The summed E-state index contributed by atoms with van der Waals surface area (Å²) >= 11 is 0. The molecule has 0 aromatic carbocycles. The van der Waals surface area contributed by atoms with Crippen LogP contribution >= 0.6 is 0 Å². The van der Waals surface area contributed by atoms with Gasteiger partial charge in [0.15, 0.2) is 11.9 Å². The van der Waals surface area contributed by atoms with E-state index in [-0.39, 0.29) is 38.1 Å². The standard InChI is InChI=1S/C31H49FN4O8S/c1-8-10-11-20(3)14-21(4)31(19-37,34-27(41)44-28(5,6)7)36-17-23(38)15-24(36)25(39)33-30(16-22(30)9-2)26(40)35-45(42,43)29(18-32)12-13-29/h8-9,19-24,38H,1-2,10-18H2,3-7H3,(H,33,39)(H,34,41)(H,35,40)/t20?,21-,22-,23-,24+,30-,31-/m1/s1. The van der Waals surface area contributed by atoms with Crippen LogP contribution in [0.1, 0.15) is 79.6 Å². The number of nitrogens with one attached hydrogen (secondary N) is 3. The van der Waals surface area contributed by atoms with Crippen LogP contribution in [0.5, 0.6) is 0 Å². The minimum Gasteiger partial charge on any atom is -0.444 e. The Morgan fingerprint density at radius 2 is 1.84 bits per heavy atom. The Morgan fingerprint density at radius 1 is 1.20 bits per heavy atom. The molecule has 45 heavy (non-hydrogen) atoms. The van der Waals surface area contributed by atoms with Gasteiger partial charge in [0.05, 0.1) is 12.1 Å². The summed E-state index contributed by atoms with van der Waals surface area (Å²) in [4.78, 5) is 55.0. The van der Waals surface area contributed by atoms with Crippen molar-refractivity contribution in [3.63, 3.8) is 0 Å². The van der Waals surface area contributed by atoms with Gasteiger partial charge in [0.1, 0.15) is 22.6 Å². The number of carbonyl (C=O) groups excluding carboxylic acids is 4. The summed E-state index contributed by atoms with van der Waals surface area (Å²) in [6, 6.07) is -1.20. The van der Waals surface area contributed by atoms with E-state index in [1.54, 1.807) is 33.8 Å². The second-order valence-electron chi connectivity index (χ2n) is 14.0. The topological polar surface area (TPSA) is 171 Å². The van der Waals surface area contributed by atoms with Crippen LogP contribution in [-0.2, 0) is 29.1 Å². The first-order valence-corrected chi connectivity index (χ1v) is 16.9. The van der Waals surface area contributed by atoms with Gasteiger partial charge in [-0.05, 0) is 71.6 Å². The summed E-state index contributed by atoms with van der Waals surface area (Å²) in [7, 11) is -4.36. The predicted octanol–water partition coefficient (Wildman–Crippen LogP) is 2.48. The molecule has 14 heteroatoms. The Balaban J connectivity index is 1.94. The number of likely N-dealkylation sites (tertiary alicyclic amines) is 1. The highest BCUT2D eigenvalue weighted by Crippen LogP contribution is 2.47. The highest BCUT2D eigenvalue weighted by Gasteiger charge is 2.64. The molecular weight excluding hydrogens is 607 g/mol. The number of β-amino-alcohol motifs (C(OH)–C–C–N with tert-alkyl or cyclic N) is 1. The molecule has 12 nitrogen and oxygen atoms in total. The normalized spacial score (nSPS) is 28.5. The van der Waals surface area contributed by atoms with Crippen LogP contribution in [0.3, 0.4) is 0 Å². The number of nitrogens with zero attached hydrogens (tertiary/aromatic N) is 1. The minimum absolute atomic E-state index is 0.0493. The van der Waals surface area contributed by atoms with E-state index in [2.05, 4.69) is 23.8 Å². The zero-order valence-corrected chi connectivity index (χ0v) is 27.8. The highest BCUT2D eigenvalue weighted by atomic mass is 32.2. The smallest absolute Gasteiger partial charge is 0.409 e. The lowest BCUT2D eigenvalue weighted by Gasteiger charge is -2.45. The fourth-order valence-electron chi connectivity index (χ4n) is 6.21. The van der Waals surface area contributed by atoms with Crippen LogP contribution in [-0.4, -0.2) is 89.5 Å². The fourth-order valence-corrected chi connectivity index (χ4v) is 7.63. The van der Waals surface area contributed by atoms with Gasteiger partial charge >= 0.3 is 6.09 Å². The molecule has 2 aliphatic carbocycles. The van der Waals surface area contributed by atoms with E-state index in [0.29, 0.717) is 12.7 Å². The summed E-state index contributed by atoms with van der Waals surface area (Å²) in [5, 5.41) is 16.1. The Bertz CT molecular complexity index is 1280. The van der Waals surface area contributed by atoms with Gasteiger partial charge in [-0.3, -0.25) is 29.3 Å². The third kappa shape index (κ3) is 7.76. The molecule has 0 spiro atoms. The molecule has 0 aromatic rings. The number of halogens is 1. The largest absolute Gasteiger partial charge is 0.444 e. The second-order valence-corrected chi connectivity index (χ2v) is 16.1. The van der Waals surface area contributed by atoms with E-state index >= 15 is 0 Å². The van der Waals surface area contributed by atoms with Crippen molar-refractivity contribution in [3.05, 3.63) is 25.3 Å². The number of alkyl carbamates (subject to hydrolysis) is 1. The quantitative estimate of drug-likeness (QED) is 0.144. The van der Waals surface area contributed by atoms with Crippen molar-refractivity contribution in [3.8, 4) is 0 Å². The van der Waals surface area contributed by atoms with Gasteiger partial charge in [0, 0.05) is 18.4 Å². The van der Waals surface area contributed by atoms with Crippen LogP contribution < -0.4 is 15.4 Å². The Morgan fingerprint density at radius 3 is 2.33 bits per heavy atom. The van der Waals surface area contributed by atoms with Crippen molar-refractivity contribution in [2.24, 2.45) is 17.8 Å². The van der Waals surface area contributed by atoms with E-state index in [0.717, 1.165) is 12.8 Å². The van der Waals surface area contributed by atoms with Gasteiger partial charge in [0.2, 0.25) is 15.9 Å². The maximum atomic E-state index is 14.0. The third-order valence-electron chi connectivity index (χ3n) is 9.21. The lowest BCUT2D eigenvalue weighted by atomic mass is 9.83. The molecule has 1 unspecified atom stereocenters. The van der Waals surface area contributed by atoms with Crippen molar-refractivity contribution in [1.82, 2.24) is 20.3 Å². The monoisotopic (exact) mass is 656 g/mol. The Kier molecular flexibility index (Phi) is 11.0. The summed E-state index contributed by atoms with van der Waals surface area (Å²) in [5.74, 6) is -2.84. The van der Waals surface area contributed by atoms with E-state index in [1.807, 2.05) is 11.6 Å². The first kappa shape index (κ1) is 36.6. The zero-order chi connectivity index (χ0) is 34.0. The molecule has 254 valence electrons. The fraction of sp³-hybridized carbons (Fsp3) is 0.742. The van der Waals surface area contributed by atoms with E-state index < -0.39 is 80.1 Å². The minimum atomic E-state index is -4.36. The first-order chi connectivity index (χ1) is 20.9. The van der Waals surface area contributed by atoms with Crippen LogP contribution in [0.4, 0.5) is 9.18 Å². The number of aliphatic hydroxyl groups excluding tert-OH is 1. The van der Waals surface area contributed by atoms with E-state index in [1.165, 1.54) is 11.0 Å². The molecule has 0 bridgehead atoms. The van der Waals surface area contributed by atoms with Gasteiger partial charge in [-0.25, -0.2) is 17.6 Å². The number of aldehydes is 1. The number of amides is 3. The Labute approximate surface area is 265 Å². The van der Waals surface area contributed by atoms with Crippen molar-refractivity contribution in [2.75, 3.05) is 13.2 Å². The van der Waals surface area contributed by atoms with Gasteiger partial charge in [-0.15, -0.1) is 13.2 Å². The average molecular weight is 657 g/mol. The molecule has 7 atom stereocenters. The molecular formula is C31H49FN4O8S. The van der Waals surface area contributed by atoms with Gasteiger partial charge < -0.3 is 15.2 Å². The molecule has 3 fully saturated rings. The Hall–Kier alpha value is -2.84. The number of aliphatic hydroxyl groups is 1. The maximum absolute atomic E-state index is 14.0. The van der Waals surface area contributed by atoms with E-state index in [9.17, 15) is 37.1 Å². The first-order valence-electron chi connectivity index (χ1n) is 15.5. The number of ether oxygens (including phenoxy) is 1. The SMILES string of the molecule is C=CCCC(C)C[C@@H](C)[C@](C=O)(NC(=O)OC(C)(C)C)N1C[C@H](O)C[C@H]1C(=O)N[C@]1(C(=O)NS(=O)(=O)C2(CF)CC2)C[C@H]1C=C. The van der Waals surface area contributed by atoms with Gasteiger partial charge in [-0.1, -0.05) is 26.0 Å². The molecule has 2 saturated carbocycles. The summed E-state index contributed by atoms with van der Waals surface area (Å²) in [6.07, 6.45) is 3.85. The molecule has 1 aliphatic heterocycles. The van der Waals surface area contributed by atoms with Crippen LogP contribution in [0.2, 0.25) is 0 Å². The third-order valence-corrected chi connectivity index (χ3v) is 11.3. The predicted molar refractivity (Wildman–Crippen MR) is 166 cm³/mol. The summed E-state index contributed by atoms with van der Waals surface area (Å²) in [6.45, 7) is 14.9. The molecule has 3 aliphatic rings. The molecule has 1 heterocycles. The number of sulfonamides is 1. The van der Waals surface area contributed by atoms with Crippen LogP contribution in [0.25, 0.3) is 0 Å². The number of allylic oxidation sites excluding steroid dienone is 1. The molecule has 0 aromatic heterocycles. The van der Waals surface area contributed by atoms with Crippen molar-refractivity contribution < 1.29 is 41.8 Å². The van der Waals surface area contributed by atoms with Crippen molar-refractivity contribution >= 4 is 34.2 Å². The number of carbonyl (C=O) groups is 4. The van der Waals surface area contributed by atoms with Gasteiger partial charge in [0.25, 0.3) is 5.91 Å². The molecule has 0 radical (unpaired) electrons. The van der Waals surface area contributed by atoms with Crippen LogP contribution in [0.15, 0.2) is 25.3 Å². The highest BCUT2D eigenvalue weighted by molar-refractivity contribution is 7.91. The van der Waals surface area contributed by atoms with Crippen molar-refractivity contribution in [1.29, 1.82) is 0 Å². The van der Waals surface area contributed by atoms with Gasteiger partial charge in [-0.2, -0.15) is 0 Å². The summed E-state index contributed by atoms with van der Waals surface area (Å²) < 4.78 is 45.0. The second kappa shape index (κ2) is 13.5. The van der Waals surface area contributed by atoms with E-state index in [4.69, 9.17) is 4.74 Å². The lowest BCUT2D eigenvalue weighted by molar-refractivity contribution is -0.138.